The molecule has 1 aromatic heterocycles. The Hall–Kier alpha value is -3.13. The predicted octanol–water partition coefficient (Wildman–Crippen LogP) is 6.11. The van der Waals surface area contributed by atoms with Crippen molar-refractivity contribution in [3.8, 4) is 11.5 Å². The lowest BCUT2D eigenvalue weighted by Gasteiger charge is -2.04. The molecule has 0 saturated carbocycles. The molecule has 2 nitrogen and oxygen atoms in total. The lowest BCUT2D eigenvalue weighted by molar-refractivity contribution is 0.623. The van der Waals surface area contributed by atoms with Gasteiger partial charge in [0.25, 0.3) is 0 Å². The average molecular weight is 309 g/mol. The summed E-state index contributed by atoms with van der Waals surface area (Å²) >= 11 is 0. The van der Waals surface area contributed by atoms with Gasteiger partial charge in [-0.05, 0) is 29.8 Å². The van der Waals surface area contributed by atoms with E-state index in [0.717, 1.165) is 27.4 Å². The van der Waals surface area contributed by atoms with E-state index in [1.165, 1.54) is 16.3 Å². The van der Waals surface area contributed by atoms with Crippen molar-refractivity contribution in [3.63, 3.8) is 0 Å². The second kappa shape index (κ2) is 4.93. The largest absolute Gasteiger partial charge is 0.435 e. The van der Waals surface area contributed by atoms with Crippen LogP contribution in [0.3, 0.4) is 0 Å². The molecule has 0 radical (unpaired) electrons. The summed E-state index contributed by atoms with van der Waals surface area (Å²) in [5.74, 6) is 0.673. The Labute approximate surface area is 139 Å². The Morgan fingerprint density at radius 1 is 0.667 bits per heavy atom. The van der Waals surface area contributed by atoms with Gasteiger partial charge in [0.15, 0.2) is 5.58 Å². The molecule has 5 rings (SSSR count). The van der Waals surface area contributed by atoms with Crippen LogP contribution < -0.4 is 0 Å². The highest BCUT2D eigenvalue weighted by Crippen LogP contribution is 2.36. The van der Waals surface area contributed by atoms with Crippen molar-refractivity contribution in [1.29, 1.82) is 0 Å². The van der Waals surface area contributed by atoms with Crippen LogP contribution in [0, 0.1) is 6.92 Å². The summed E-state index contributed by atoms with van der Waals surface area (Å²) in [5, 5.41) is 4.65. The van der Waals surface area contributed by atoms with Gasteiger partial charge in [-0.15, -0.1) is 0 Å². The minimum absolute atomic E-state index is 0.673. The maximum Gasteiger partial charge on any atom is 0.227 e. The molecule has 2 heteroatoms. The number of benzene rings is 4. The Morgan fingerprint density at radius 2 is 1.25 bits per heavy atom. The molecule has 114 valence electrons. The minimum Gasteiger partial charge on any atom is -0.435 e. The summed E-state index contributed by atoms with van der Waals surface area (Å²) in [5.41, 5.74) is 4.02. The highest BCUT2D eigenvalue weighted by atomic mass is 16.3. The molecule has 0 atom stereocenters. The van der Waals surface area contributed by atoms with Crippen molar-refractivity contribution in [1.82, 2.24) is 4.98 Å². The van der Waals surface area contributed by atoms with Crippen LogP contribution in [0.25, 0.3) is 44.1 Å². The lowest BCUT2D eigenvalue weighted by Crippen LogP contribution is -1.80. The van der Waals surface area contributed by atoms with E-state index in [1.807, 2.05) is 6.07 Å². The van der Waals surface area contributed by atoms with E-state index in [1.54, 1.807) is 0 Å². The predicted molar refractivity (Wildman–Crippen MR) is 99.2 cm³/mol. The summed E-state index contributed by atoms with van der Waals surface area (Å²) in [6, 6.07) is 25.0. The summed E-state index contributed by atoms with van der Waals surface area (Å²) in [7, 11) is 0. The fourth-order valence-electron chi connectivity index (χ4n) is 3.35. The number of rotatable bonds is 1. The third-order valence-corrected chi connectivity index (χ3v) is 4.57. The number of hydrogen-bond acceptors (Lipinski definition) is 2. The van der Waals surface area contributed by atoms with Gasteiger partial charge in [0.1, 0.15) is 5.52 Å². The molecule has 0 aliphatic rings. The molecular weight excluding hydrogens is 294 g/mol. The Kier molecular flexibility index (Phi) is 2.74. The second-order valence-electron chi connectivity index (χ2n) is 6.15. The third-order valence-electron chi connectivity index (χ3n) is 4.57. The fourth-order valence-corrected chi connectivity index (χ4v) is 3.35. The molecule has 0 aliphatic carbocycles. The molecule has 0 bridgehead atoms. The van der Waals surface area contributed by atoms with Crippen LogP contribution in [-0.4, -0.2) is 4.98 Å². The zero-order valence-electron chi connectivity index (χ0n) is 13.3. The SMILES string of the molecule is Cc1ccc(-c2nc3c4ccccc4c4ccccc4c3o2)cc1. The lowest BCUT2D eigenvalue weighted by atomic mass is 10.0. The Bertz CT molecular complexity index is 1130. The van der Waals surface area contributed by atoms with Gasteiger partial charge in [0.2, 0.25) is 5.89 Å². The molecule has 0 amide bonds. The molecule has 24 heavy (non-hydrogen) atoms. The van der Waals surface area contributed by atoms with Gasteiger partial charge in [-0.1, -0.05) is 66.2 Å². The second-order valence-corrected chi connectivity index (χ2v) is 6.15. The Balaban J connectivity index is 1.93. The van der Waals surface area contributed by atoms with Gasteiger partial charge < -0.3 is 4.42 Å². The summed E-state index contributed by atoms with van der Waals surface area (Å²) < 4.78 is 6.20. The van der Waals surface area contributed by atoms with Crippen molar-refractivity contribution in [3.05, 3.63) is 78.4 Å². The van der Waals surface area contributed by atoms with Crippen LogP contribution in [-0.2, 0) is 0 Å². The van der Waals surface area contributed by atoms with E-state index >= 15 is 0 Å². The summed E-state index contributed by atoms with van der Waals surface area (Å²) in [6.07, 6.45) is 0. The van der Waals surface area contributed by atoms with E-state index in [0.29, 0.717) is 5.89 Å². The van der Waals surface area contributed by atoms with E-state index < -0.39 is 0 Å². The molecule has 5 aromatic rings. The zero-order chi connectivity index (χ0) is 16.1. The minimum atomic E-state index is 0.673. The van der Waals surface area contributed by atoms with Gasteiger partial charge >= 0.3 is 0 Å². The van der Waals surface area contributed by atoms with Gasteiger partial charge in [-0.3, -0.25) is 0 Å². The molecule has 0 fully saturated rings. The van der Waals surface area contributed by atoms with E-state index in [4.69, 9.17) is 9.40 Å². The van der Waals surface area contributed by atoms with Crippen LogP contribution in [0.5, 0.6) is 0 Å². The number of aryl methyl sites for hydroxylation is 1. The van der Waals surface area contributed by atoms with Gasteiger partial charge in [-0.2, -0.15) is 0 Å². The third kappa shape index (κ3) is 1.86. The molecular formula is C22H15NO. The zero-order valence-corrected chi connectivity index (χ0v) is 13.3. The molecule has 0 aliphatic heterocycles. The van der Waals surface area contributed by atoms with Gasteiger partial charge in [-0.25, -0.2) is 4.98 Å². The normalized spacial score (nSPS) is 11.5. The van der Waals surface area contributed by atoms with Gasteiger partial charge in [0, 0.05) is 16.3 Å². The van der Waals surface area contributed by atoms with Crippen LogP contribution in [0.15, 0.2) is 77.2 Å². The Morgan fingerprint density at radius 3 is 1.96 bits per heavy atom. The molecule has 0 spiro atoms. The smallest absolute Gasteiger partial charge is 0.227 e. The van der Waals surface area contributed by atoms with Gasteiger partial charge in [0.05, 0.1) is 0 Å². The number of hydrogen-bond donors (Lipinski definition) is 0. The topological polar surface area (TPSA) is 26.0 Å². The van der Waals surface area contributed by atoms with Crippen LogP contribution in [0.2, 0.25) is 0 Å². The maximum absolute atomic E-state index is 6.20. The molecule has 4 aromatic carbocycles. The van der Waals surface area contributed by atoms with E-state index in [2.05, 4.69) is 73.7 Å². The summed E-state index contributed by atoms with van der Waals surface area (Å²) in [4.78, 5) is 4.82. The number of aromatic nitrogens is 1. The number of fused-ring (bicyclic) bond motifs is 6. The monoisotopic (exact) mass is 309 g/mol. The molecule has 0 unspecified atom stereocenters. The van der Waals surface area contributed by atoms with E-state index in [-0.39, 0.29) is 0 Å². The quantitative estimate of drug-likeness (QED) is 0.349. The molecule has 1 heterocycles. The number of nitrogens with zero attached hydrogens (tertiary/aromatic N) is 1. The van der Waals surface area contributed by atoms with Crippen LogP contribution in [0.4, 0.5) is 0 Å². The molecule has 0 N–H and O–H groups in total. The van der Waals surface area contributed by atoms with Crippen molar-refractivity contribution in [2.45, 2.75) is 6.92 Å². The first-order valence-corrected chi connectivity index (χ1v) is 8.08. The van der Waals surface area contributed by atoms with Crippen molar-refractivity contribution in [2.24, 2.45) is 0 Å². The maximum atomic E-state index is 6.20. The van der Waals surface area contributed by atoms with Crippen molar-refractivity contribution < 1.29 is 4.42 Å². The standard InChI is InChI=1S/C22H15NO/c1-14-10-12-15(13-11-14)22-23-20-18-8-4-2-6-16(18)17-7-3-5-9-19(17)21(20)24-22/h2-13H,1H3. The van der Waals surface area contributed by atoms with Crippen molar-refractivity contribution in [2.75, 3.05) is 0 Å². The first-order chi connectivity index (χ1) is 11.8. The molecule has 0 saturated heterocycles. The first-order valence-electron chi connectivity index (χ1n) is 8.08. The number of oxazole rings is 1. The first kappa shape index (κ1) is 13.3. The summed E-state index contributed by atoms with van der Waals surface area (Å²) in [6.45, 7) is 2.08. The average Bonchev–Trinajstić information content (AvgIpc) is 3.08. The van der Waals surface area contributed by atoms with Crippen LogP contribution in [0.1, 0.15) is 5.56 Å². The highest BCUT2D eigenvalue weighted by Gasteiger charge is 2.15. The van der Waals surface area contributed by atoms with E-state index in [9.17, 15) is 0 Å². The fraction of sp³-hybridized carbons (Fsp3) is 0.0455. The van der Waals surface area contributed by atoms with Crippen molar-refractivity contribution >= 4 is 32.6 Å². The van der Waals surface area contributed by atoms with Crippen LogP contribution >= 0.6 is 0 Å². The highest BCUT2D eigenvalue weighted by molar-refractivity contribution is 6.22.